The lowest BCUT2D eigenvalue weighted by Crippen LogP contribution is -2.69. The number of hydrogen-bond acceptors (Lipinski definition) is 5. The van der Waals surface area contributed by atoms with E-state index in [2.05, 4.69) is 25.3 Å². The van der Waals surface area contributed by atoms with Crippen LogP contribution in [0.15, 0.2) is 55.1 Å². The van der Waals surface area contributed by atoms with Crippen LogP contribution in [0.3, 0.4) is 0 Å². The predicted molar refractivity (Wildman–Crippen MR) is 160 cm³/mol. The van der Waals surface area contributed by atoms with Crippen molar-refractivity contribution in [2.75, 3.05) is 26.2 Å². The Morgan fingerprint density at radius 2 is 1.98 bits per heavy atom. The van der Waals surface area contributed by atoms with Crippen LogP contribution < -0.4 is 0 Å². The zero-order valence-electron chi connectivity index (χ0n) is 23.7. The summed E-state index contributed by atoms with van der Waals surface area (Å²) in [5.74, 6) is 0.156. The van der Waals surface area contributed by atoms with Crippen LogP contribution in [0.5, 0.6) is 5.75 Å². The molecule has 1 saturated heterocycles. The molecule has 0 unspecified atom stereocenters. The van der Waals surface area contributed by atoms with E-state index in [9.17, 15) is 14.7 Å². The minimum Gasteiger partial charge on any atom is -0.508 e. The molecule has 0 spiro atoms. The number of benzene rings is 2. The number of halogens is 2. The van der Waals surface area contributed by atoms with Gasteiger partial charge < -0.3 is 14.7 Å². The van der Waals surface area contributed by atoms with Crippen molar-refractivity contribution in [2.24, 2.45) is 5.92 Å². The smallest absolute Gasteiger partial charge is 0.303 e. The van der Waals surface area contributed by atoms with Crippen LogP contribution in [-0.4, -0.2) is 64.6 Å². The van der Waals surface area contributed by atoms with E-state index < -0.39 is 11.0 Å². The van der Waals surface area contributed by atoms with Crippen molar-refractivity contribution < 1.29 is 19.4 Å². The molecule has 1 aliphatic heterocycles. The minimum atomic E-state index is -0.791. The van der Waals surface area contributed by atoms with E-state index in [0.29, 0.717) is 48.9 Å². The van der Waals surface area contributed by atoms with Gasteiger partial charge in [0.05, 0.1) is 16.5 Å². The first-order valence-electron chi connectivity index (χ1n) is 14.0. The summed E-state index contributed by atoms with van der Waals surface area (Å²) in [5.41, 5.74) is 0.398. The highest BCUT2D eigenvalue weighted by molar-refractivity contribution is 6.42. The van der Waals surface area contributed by atoms with Crippen molar-refractivity contribution in [1.29, 1.82) is 0 Å². The van der Waals surface area contributed by atoms with Gasteiger partial charge in [0, 0.05) is 38.0 Å². The molecule has 8 heteroatoms. The number of carbonyl (C=O) groups is 2. The maximum atomic E-state index is 13.9. The fourth-order valence-electron chi connectivity index (χ4n) is 6.84. The van der Waals surface area contributed by atoms with E-state index in [0.717, 1.165) is 24.1 Å². The monoisotopic (exact) mass is 586 g/mol. The fourth-order valence-corrected chi connectivity index (χ4v) is 7.16. The normalized spacial score (nSPS) is 24.8. The fraction of sp³-hybridized carbons (Fsp3) is 0.500. The summed E-state index contributed by atoms with van der Waals surface area (Å²) in [7, 11) is 0. The first kappa shape index (κ1) is 30.4. The average molecular weight is 588 g/mol. The predicted octanol–water partition coefficient (Wildman–Crippen LogP) is 6.41. The Bertz CT molecular complexity index is 1250. The highest BCUT2D eigenvalue weighted by Crippen LogP contribution is 2.55. The molecule has 4 rings (SSSR count). The minimum absolute atomic E-state index is 0.0345. The van der Waals surface area contributed by atoms with Gasteiger partial charge >= 0.3 is 5.97 Å². The van der Waals surface area contributed by atoms with Crippen LogP contribution in [0, 0.1) is 5.92 Å². The molecule has 0 bridgehead atoms. The van der Waals surface area contributed by atoms with Crippen LogP contribution in [0.4, 0.5) is 0 Å². The summed E-state index contributed by atoms with van der Waals surface area (Å²) in [4.78, 5) is 30.8. The summed E-state index contributed by atoms with van der Waals surface area (Å²) < 4.78 is 6.32. The summed E-state index contributed by atoms with van der Waals surface area (Å²) in [6.45, 7) is 12.3. The number of esters is 1. The second kappa shape index (κ2) is 12.5. The number of nitrogens with zero attached hydrogens (tertiary/aromatic N) is 2. The molecule has 0 radical (unpaired) electrons. The zero-order chi connectivity index (χ0) is 29.1. The van der Waals surface area contributed by atoms with E-state index >= 15 is 0 Å². The number of phenols is 1. The molecule has 1 saturated carbocycles. The topological polar surface area (TPSA) is 70.1 Å². The van der Waals surface area contributed by atoms with Crippen LogP contribution in [-0.2, 0) is 26.2 Å². The van der Waals surface area contributed by atoms with Gasteiger partial charge in [0.15, 0.2) is 0 Å². The van der Waals surface area contributed by atoms with Gasteiger partial charge in [-0.25, -0.2) is 0 Å². The van der Waals surface area contributed by atoms with Crippen molar-refractivity contribution >= 4 is 35.1 Å². The lowest BCUT2D eigenvalue weighted by Gasteiger charge is -2.60. The number of carbonyl (C=O) groups excluding carboxylic acids is 2. The van der Waals surface area contributed by atoms with Crippen molar-refractivity contribution in [3.8, 4) is 5.75 Å². The molecule has 40 heavy (non-hydrogen) atoms. The number of ether oxygens (including phenoxy) is 1. The molecule has 2 aromatic rings. The first-order valence-corrected chi connectivity index (χ1v) is 14.8. The van der Waals surface area contributed by atoms with Crippen LogP contribution in [0.25, 0.3) is 0 Å². The van der Waals surface area contributed by atoms with E-state index in [-0.39, 0.29) is 36.0 Å². The van der Waals surface area contributed by atoms with E-state index in [1.54, 1.807) is 24.3 Å². The largest absolute Gasteiger partial charge is 0.508 e. The average Bonchev–Trinajstić information content (AvgIpc) is 2.89. The van der Waals surface area contributed by atoms with Gasteiger partial charge in [0.2, 0.25) is 5.91 Å². The van der Waals surface area contributed by atoms with Crippen molar-refractivity contribution in [3.05, 3.63) is 76.3 Å². The number of amides is 1. The number of hydrogen-bond donors (Lipinski definition) is 1. The number of rotatable bonds is 9. The molecule has 1 amide bonds. The standard InChI is InChI=1S/C32H40Cl2N2O4/c1-5-14-35-15-13-31(25-7-6-8-27(38)18-25)19-26(11-12-32(31,21-35)40-23(4)37)36(20-22(2)3)30(39)17-24-9-10-28(33)29(34)16-24/h5-10,16,18,22,26,38H,1,11-15,17,19-21H2,2-4H3/t26-,31+,32+/m1/s1. The lowest BCUT2D eigenvalue weighted by molar-refractivity contribution is -0.190. The Morgan fingerprint density at radius 3 is 2.62 bits per heavy atom. The van der Waals surface area contributed by atoms with Gasteiger partial charge in [0.1, 0.15) is 11.4 Å². The van der Waals surface area contributed by atoms with Crippen LogP contribution in [0.1, 0.15) is 57.6 Å². The van der Waals surface area contributed by atoms with Gasteiger partial charge in [-0.3, -0.25) is 14.5 Å². The van der Waals surface area contributed by atoms with Crippen molar-refractivity contribution in [2.45, 2.75) is 69.9 Å². The Balaban J connectivity index is 1.74. The van der Waals surface area contributed by atoms with Crippen molar-refractivity contribution in [3.63, 3.8) is 0 Å². The molecule has 216 valence electrons. The Kier molecular flexibility index (Phi) is 9.54. The second-order valence-electron chi connectivity index (χ2n) is 11.8. The Hall–Kier alpha value is -2.54. The number of aromatic hydroxyl groups is 1. The highest BCUT2D eigenvalue weighted by Gasteiger charge is 2.61. The number of phenolic OH excluding ortho intramolecular Hbond substituents is 1. The summed E-state index contributed by atoms with van der Waals surface area (Å²) in [6.07, 6.45) is 4.77. The quantitative estimate of drug-likeness (QED) is 0.271. The van der Waals surface area contributed by atoms with Crippen molar-refractivity contribution in [1.82, 2.24) is 9.80 Å². The number of fused-ring (bicyclic) bond motifs is 1. The third-order valence-corrected chi connectivity index (χ3v) is 9.20. The maximum Gasteiger partial charge on any atom is 0.303 e. The zero-order valence-corrected chi connectivity index (χ0v) is 25.2. The third kappa shape index (κ3) is 6.35. The van der Waals surface area contributed by atoms with E-state index in [1.807, 2.05) is 29.2 Å². The molecule has 3 atom stereocenters. The molecular weight excluding hydrogens is 547 g/mol. The van der Waals surface area contributed by atoms with Crippen LogP contribution >= 0.6 is 23.2 Å². The summed E-state index contributed by atoms with van der Waals surface area (Å²) >= 11 is 12.4. The number of piperidine rings is 1. The molecular formula is C32H40Cl2N2O4. The maximum absolute atomic E-state index is 13.9. The van der Waals surface area contributed by atoms with Gasteiger partial charge in [-0.2, -0.15) is 0 Å². The first-order chi connectivity index (χ1) is 19.0. The molecule has 0 aromatic heterocycles. The molecule has 2 aliphatic rings. The second-order valence-corrected chi connectivity index (χ2v) is 12.6. The number of likely N-dealkylation sites (tertiary alicyclic amines) is 1. The van der Waals surface area contributed by atoms with E-state index in [1.165, 1.54) is 6.92 Å². The van der Waals surface area contributed by atoms with Gasteiger partial charge in [0.25, 0.3) is 0 Å². The summed E-state index contributed by atoms with van der Waals surface area (Å²) in [6, 6.07) is 12.6. The third-order valence-electron chi connectivity index (χ3n) is 8.46. The molecule has 6 nitrogen and oxygen atoms in total. The molecule has 1 heterocycles. The molecule has 2 aromatic carbocycles. The molecule has 2 fully saturated rings. The Morgan fingerprint density at radius 1 is 1.20 bits per heavy atom. The van der Waals surface area contributed by atoms with E-state index in [4.69, 9.17) is 27.9 Å². The van der Waals surface area contributed by atoms with Gasteiger partial charge in [-0.1, -0.05) is 61.3 Å². The van der Waals surface area contributed by atoms with Crippen LogP contribution in [0.2, 0.25) is 10.0 Å². The molecule has 1 N–H and O–H groups in total. The Labute approximate surface area is 247 Å². The lowest BCUT2D eigenvalue weighted by atomic mass is 9.54. The summed E-state index contributed by atoms with van der Waals surface area (Å²) in [5, 5.41) is 11.4. The van der Waals surface area contributed by atoms with Gasteiger partial charge in [-0.05, 0) is 73.5 Å². The molecule has 1 aliphatic carbocycles. The highest BCUT2D eigenvalue weighted by atomic mass is 35.5. The SMILES string of the molecule is C=CCN1CC[C@@]2(c3cccc(O)c3)C[C@H](N(CC(C)C)C(=O)Cc3ccc(Cl)c(Cl)c3)CC[C@]2(OC(C)=O)C1. The van der Waals surface area contributed by atoms with Gasteiger partial charge in [-0.15, -0.1) is 6.58 Å².